The smallest absolute Gasteiger partial charge is 0.267 e. The second-order valence-electron chi connectivity index (χ2n) is 5.94. The van der Waals surface area contributed by atoms with Gasteiger partial charge in [-0.05, 0) is 25.0 Å². The van der Waals surface area contributed by atoms with Crippen LogP contribution in [0.3, 0.4) is 0 Å². The third-order valence-corrected chi connectivity index (χ3v) is 3.46. The summed E-state index contributed by atoms with van der Waals surface area (Å²) in [6.45, 7) is 12.5. The molecule has 0 spiro atoms. The van der Waals surface area contributed by atoms with E-state index in [1.807, 2.05) is 39.0 Å². The van der Waals surface area contributed by atoms with Gasteiger partial charge in [-0.1, -0.05) is 59.6 Å². The number of hydrogen-bond donors (Lipinski definition) is 1. The molecule has 0 radical (unpaired) electrons. The van der Waals surface area contributed by atoms with Crippen LogP contribution in [0.1, 0.15) is 53.3 Å². The monoisotopic (exact) mass is 342 g/mol. The van der Waals surface area contributed by atoms with Crippen LogP contribution in [0.4, 0.5) is 0 Å². The molecule has 0 aliphatic carbocycles. The highest BCUT2D eigenvalue weighted by atomic mass is 16.1. The predicted molar refractivity (Wildman–Crippen MR) is 105 cm³/mol. The van der Waals surface area contributed by atoms with Gasteiger partial charge in [0.25, 0.3) is 5.56 Å². The van der Waals surface area contributed by atoms with Crippen molar-refractivity contribution in [2.75, 3.05) is 0 Å². The van der Waals surface area contributed by atoms with Crippen LogP contribution in [-0.4, -0.2) is 19.7 Å². The first-order valence-electron chi connectivity index (χ1n) is 9.02. The molecule has 0 aliphatic heterocycles. The molecule has 0 amide bonds. The summed E-state index contributed by atoms with van der Waals surface area (Å²) in [5, 5.41) is 3.42. The highest BCUT2D eigenvalue weighted by Gasteiger charge is 2.07. The lowest BCUT2D eigenvalue weighted by Gasteiger charge is -2.03. The summed E-state index contributed by atoms with van der Waals surface area (Å²) in [5.74, 6) is 2.23. The number of aromatic nitrogens is 4. The maximum Gasteiger partial charge on any atom is 0.272 e. The highest BCUT2D eigenvalue weighted by molar-refractivity contribution is 5.79. The molecular formula is C20H30N4O. The van der Waals surface area contributed by atoms with Crippen molar-refractivity contribution in [2.24, 2.45) is 5.92 Å². The van der Waals surface area contributed by atoms with Crippen molar-refractivity contribution in [3.8, 4) is 5.82 Å². The van der Waals surface area contributed by atoms with Gasteiger partial charge >= 0.3 is 0 Å². The Hall–Kier alpha value is -2.43. The maximum absolute atomic E-state index is 11.7. The molecule has 1 N–H and O–H groups in total. The van der Waals surface area contributed by atoms with Crippen LogP contribution >= 0.6 is 0 Å². The fourth-order valence-corrected chi connectivity index (χ4v) is 2.41. The number of nitrogens with zero attached hydrogens (tertiary/aromatic N) is 3. The van der Waals surface area contributed by atoms with Crippen LogP contribution in [0.15, 0.2) is 41.3 Å². The van der Waals surface area contributed by atoms with E-state index in [1.165, 1.54) is 12.8 Å². The maximum atomic E-state index is 11.7. The van der Waals surface area contributed by atoms with E-state index in [4.69, 9.17) is 0 Å². The molecule has 5 nitrogen and oxygen atoms in total. The van der Waals surface area contributed by atoms with Crippen LogP contribution < -0.4 is 5.56 Å². The molecule has 0 saturated heterocycles. The second-order valence-corrected chi connectivity index (χ2v) is 5.94. The van der Waals surface area contributed by atoms with E-state index in [-0.39, 0.29) is 5.56 Å². The fourth-order valence-electron chi connectivity index (χ4n) is 2.41. The number of H-pyrrole nitrogens is 1. The van der Waals surface area contributed by atoms with Gasteiger partial charge in [0.15, 0.2) is 5.82 Å². The number of nitrogens with one attached hydrogen (secondary N) is 1. The molecule has 0 unspecified atom stereocenters. The lowest BCUT2D eigenvalue weighted by atomic mass is 10.1. The number of benzene rings is 1. The zero-order valence-electron chi connectivity index (χ0n) is 16.2. The number of aryl methyl sites for hydroxylation is 1. The van der Waals surface area contributed by atoms with Gasteiger partial charge in [0.05, 0.1) is 10.9 Å². The van der Waals surface area contributed by atoms with E-state index in [1.54, 1.807) is 23.0 Å². The quantitative estimate of drug-likeness (QED) is 0.737. The largest absolute Gasteiger partial charge is 0.272 e. The SMILES string of the molecule is CC.CCCC(C)C.Cc1nccc(-n2[nH]c(=O)c3ccccc32)n1. The Morgan fingerprint density at radius 1 is 1.16 bits per heavy atom. The van der Waals surface area contributed by atoms with Gasteiger partial charge in [-0.15, -0.1) is 0 Å². The lowest BCUT2D eigenvalue weighted by Crippen LogP contribution is -2.06. The minimum absolute atomic E-state index is 0.114. The van der Waals surface area contributed by atoms with Gasteiger partial charge in [0.2, 0.25) is 0 Å². The Labute approximate surface area is 150 Å². The summed E-state index contributed by atoms with van der Waals surface area (Å²) in [7, 11) is 0. The van der Waals surface area contributed by atoms with E-state index in [0.29, 0.717) is 17.0 Å². The third-order valence-electron chi connectivity index (χ3n) is 3.46. The summed E-state index contributed by atoms with van der Waals surface area (Å²) < 4.78 is 1.67. The van der Waals surface area contributed by atoms with Gasteiger partial charge in [-0.3, -0.25) is 9.89 Å². The molecule has 5 heteroatoms. The minimum atomic E-state index is -0.114. The average Bonchev–Trinajstić information content (AvgIpc) is 2.95. The summed E-state index contributed by atoms with van der Waals surface area (Å²) in [5.41, 5.74) is 0.701. The summed E-state index contributed by atoms with van der Waals surface area (Å²) >= 11 is 0. The molecule has 0 atom stereocenters. The predicted octanol–water partition coefficient (Wildman–Crippen LogP) is 4.89. The molecule has 0 bridgehead atoms. The number of aromatic amines is 1. The first-order chi connectivity index (χ1) is 12.0. The number of rotatable bonds is 3. The van der Waals surface area contributed by atoms with Crippen molar-refractivity contribution in [1.29, 1.82) is 0 Å². The zero-order valence-corrected chi connectivity index (χ0v) is 16.2. The van der Waals surface area contributed by atoms with E-state index in [9.17, 15) is 4.79 Å². The Morgan fingerprint density at radius 2 is 1.84 bits per heavy atom. The van der Waals surface area contributed by atoms with Gasteiger partial charge in [-0.25, -0.2) is 14.6 Å². The van der Waals surface area contributed by atoms with Crippen molar-refractivity contribution >= 4 is 10.9 Å². The summed E-state index contributed by atoms with van der Waals surface area (Å²) in [6.07, 6.45) is 4.38. The highest BCUT2D eigenvalue weighted by Crippen LogP contribution is 2.12. The molecule has 25 heavy (non-hydrogen) atoms. The van der Waals surface area contributed by atoms with Crippen LogP contribution in [0.5, 0.6) is 0 Å². The molecule has 3 aromatic rings. The Kier molecular flexibility index (Phi) is 8.61. The standard InChI is InChI=1S/C12H10N4O.C6H14.C2H6/c1-8-13-7-6-11(14-8)16-10-5-3-2-4-9(10)12(17)15-16;1-4-5-6(2)3;1-2/h2-7H,1H3,(H,15,17);6H,4-5H2,1-3H3;1-2H3. The molecule has 0 saturated carbocycles. The molecule has 1 aromatic carbocycles. The van der Waals surface area contributed by atoms with Crippen LogP contribution in [0, 0.1) is 12.8 Å². The van der Waals surface area contributed by atoms with Crippen molar-refractivity contribution in [3.63, 3.8) is 0 Å². The van der Waals surface area contributed by atoms with E-state index >= 15 is 0 Å². The van der Waals surface area contributed by atoms with E-state index < -0.39 is 0 Å². The first kappa shape index (κ1) is 20.6. The van der Waals surface area contributed by atoms with Gasteiger partial charge < -0.3 is 0 Å². The Morgan fingerprint density at radius 3 is 2.40 bits per heavy atom. The zero-order chi connectivity index (χ0) is 18.8. The van der Waals surface area contributed by atoms with Crippen molar-refractivity contribution in [1.82, 2.24) is 19.7 Å². The van der Waals surface area contributed by atoms with Crippen LogP contribution in [0.2, 0.25) is 0 Å². The Balaban J connectivity index is 0.000000335. The number of para-hydroxylation sites is 1. The minimum Gasteiger partial charge on any atom is -0.267 e. The molecule has 2 heterocycles. The Bertz CT molecular complexity index is 818. The molecule has 3 rings (SSSR count). The molecular weight excluding hydrogens is 312 g/mol. The number of fused-ring (bicyclic) bond motifs is 1. The summed E-state index contributed by atoms with van der Waals surface area (Å²) in [6, 6.07) is 9.16. The summed E-state index contributed by atoms with van der Waals surface area (Å²) in [4.78, 5) is 20.1. The average molecular weight is 342 g/mol. The molecule has 2 aromatic heterocycles. The van der Waals surface area contributed by atoms with Crippen molar-refractivity contribution < 1.29 is 0 Å². The van der Waals surface area contributed by atoms with Gasteiger partial charge in [-0.2, -0.15) is 0 Å². The first-order valence-corrected chi connectivity index (χ1v) is 9.02. The third kappa shape index (κ3) is 5.85. The van der Waals surface area contributed by atoms with Crippen LogP contribution in [0.25, 0.3) is 16.7 Å². The lowest BCUT2D eigenvalue weighted by molar-refractivity contribution is 0.576. The molecule has 0 aliphatic rings. The second kappa shape index (κ2) is 10.4. The molecule has 136 valence electrons. The molecule has 0 fully saturated rings. The topological polar surface area (TPSA) is 63.6 Å². The van der Waals surface area contributed by atoms with Gasteiger partial charge in [0.1, 0.15) is 5.82 Å². The van der Waals surface area contributed by atoms with Crippen molar-refractivity contribution in [2.45, 2.75) is 54.4 Å². The van der Waals surface area contributed by atoms with Crippen LogP contribution in [-0.2, 0) is 0 Å². The van der Waals surface area contributed by atoms with E-state index in [0.717, 1.165) is 11.4 Å². The van der Waals surface area contributed by atoms with E-state index in [2.05, 4.69) is 35.8 Å². The number of hydrogen-bond acceptors (Lipinski definition) is 3. The fraction of sp³-hybridized carbons (Fsp3) is 0.450. The van der Waals surface area contributed by atoms with Gasteiger partial charge in [0, 0.05) is 12.3 Å². The normalized spacial score (nSPS) is 10.0. The van der Waals surface area contributed by atoms with Crippen molar-refractivity contribution in [3.05, 3.63) is 52.7 Å².